The summed E-state index contributed by atoms with van der Waals surface area (Å²) in [7, 11) is -1.99. The van der Waals surface area contributed by atoms with Crippen molar-refractivity contribution >= 4 is 27.1 Å². The maximum absolute atomic E-state index is 11.2. The van der Waals surface area contributed by atoms with E-state index in [4.69, 9.17) is 10.9 Å². The summed E-state index contributed by atoms with van der Waals surface area (Å²) in [6.45, 7) is 0. The van der Waals surface area contributed by atoms with E-state index in [0.29, 0.717) is 5.69 Å². The second-order valence-electron chi connectivity index (χ2n) is 3.83. The van der Waals surface area contributed by atoms with Gasteiger partial charge in [0, 0.05) is 18.9 Å². The molecule has 0 aliphatic heterocycles. The Balaban J connectivity index is 2.30. The molecule has 2 rings (SSSR count). The minimum atomic E-state index is -3.79. The standard InChI is InChI=1S/C10H13N5O2S/c1-15-6-8(5-13-15)14-7-2-3-10(9(11)4-7)18(12,16)17/h2-6,14H,11H2,1H3,(H2,12,16,17). The number of nitrogen functional groups attached to an aromatic ring is 1. The lowest BCUT2D eigenvalue weighted by molar-refractivity contribution is 0.598. The average Bonchev–Trinajstić information content (AvgIpc) is 2.62. The molecular weight excluding hydrogens is 254 g/mol. The van der Waals surface area contributed by atoms with Crippen LogP contribution < -0.4 is 16.2 Å². The number of primary sulfonamides is 1. The Morgan fingerprint density at radius 3 is 2.56 bits per heavy atom. The Morgan fingerprint density at radius 1 is 1.33 bits per heavy atom. The van der Waals surface area contributed by atoms with E-state index in [1.807, 2.05) is 0 Å². The van der Waals surface area contributed by atoms with Crippen LogP contribution in [0.5, 0.6) is 0 Å². The second kappa shape index (κ2) is 4.31. The zero-order chi connectivity index (χ0) is 13.3. The molecule has 5 N–H and O–H groups in total. The smallest absolute Gasteiger partial charge is 0.240 e. The van der Waals surface area contributed by atoms with Gasteiger partial charge < -0.3 is 11.1 Å². The molecule has 2 aromatic rings. The first-order valence-electron chi connectivity index (χ1n) is 5.04. The van der Waals surface area contributed by atoms with E-state index in [9.17, 15) is 8.42 Å². The van der Waals surface area contributed by atoms with Crippen LogP contribution in [0.25, 0.3) is 0 Å². The van der Waals surface area contributed by atoms with Crippen molar-refractivity contribution in [1.29, 1.82) is 0 Å². The number of nitrogens with zero attached hydrogens (tertiary/aromatic N) is 2. The molecule has 1 aromatic carbocycles. The van der Waals surface area contributed by atoms with E-state index < -0.39 is 10.0 Å². The lowest BCUT2D eigenvalue weighted by atomic mass is 10.3. The van der Waals surface area contributed by atoms with Gasteiger partial charge in [-0.05, 0) is 18.2 Å². The first-order valence-corrected chi connectivity index (χ1v) is 6.59. The third-order valence-corrected chi connectivity index (χ3v) is 3.29. The van der Waals surface area contributed by atoms with Crippen LogP contribution in [0.2, 0.25) is 0 Å². The summed E-state index contributed by atoms with van der Waals surface area (Å²) < 4.78 is 24.0. The Morgan fingerprint density at radius 2 is 2.06 bits per heavy atom. The lowest BCUT2D eigenvalue weighted by Crippen LogP contribution is -2.14. The number of anilines is 3. The second-order valence-corrected chi connectivity index (χ2v) is 5.36. The monoisotopic (exact) mass is 267 g/mol. The van der Waals surface area contributed by atoms with Gasteiger partial charge in [0.2, 0.25) is 10.0 Å². The van der Waals surface area contributed by atoms with E-state index >= 15 is 0 Å². The number of benzene rings is 1. The fraction of sp³-hybridized carbons (Fsp3) is 0.100. The van der Waals surface area contributed by atoms with E-state index in [0.717, 1.165) is 5.69 Å². The van der Waals surface area contributed by atoms with Crippen LogP contribution in [0.3, 0.4) is 0 Å². The number of aryl methyl sites for hydroxylation is 1. The molecule has 0 saturated carbocycles. The van der Waals surface area contributed by atoms with Crippen molar-refractivity contribution in [2.24, 2.45) is 12.2 Å². The minimum absolute atomic E-state index is 0.0840. The topological polar surface area (TPSA) is 116 Å². The van der Waals surface area contributed by atoms with E-state index in [1.165, 1.54) is 12.1 Å². The number of nitrogens with two attached hydrogens (primary N) is 2. The molecule has 0 saturated heterocycles. The van der Waals surface area contributed by atoms with Gasteiger partial charge in [0.05, 0.1) is 17.6 Å². The summed E-state index contributed by atoms with van der Waals surface area (Å²) in [5, 5.41) is 12.1. The molecule has 0 aliphatic rings. The zero-order valence-corrected chi connectivity index (χ0v) is 10.5. The molecular formula is C10H13N5O2S. The van der Waals surface area contributed by atoms with Gasteiger partial charge >= 0.3 is 0 Å². The number of aromatic nitrogens is 2. The van der Waals surface area contributed by atoms with Gasteiger partial charge in [0.1, 0.15) is 4.90 Å². The molecule has 7 nitrogen and oxygen atoms in total. The molecule has 1 heterocycles. The SMILES string of the molecule is Cn1cc(Nc2ccc(S(N)(=O)=O)c(N)c2)cn1. The van der Waals surface area contributed by atoms with Gasteiger partial charge in [0.15, 0.2) is 0 Å². The molecule has 18 heavy (non-hydrogen) atoms. The molecule has 8 heteroatoms. The molecule has 0 atom stereocenters. The molecule has 0 spiro atoms. The number of hydrogen-bond donors (Lipinski definition) is 3. The van der Waals surface area contributed by atoms with E-state index in [2.05, 4.69) is 10.4 Å². The van der Waals surface area contributed by atoms with Crippen LogP contribution in [0, 0.1) is 0 Å². The highest BCUT2D eigenvalue weighted by atomic mass is 32.2. The van der Waals surface area contributed by atoms with Crippen LogP contribution in [0.4, 0.5) is 17.1 Å². The summed E-state index contributed by atoms with van der Waals surface area (Å²) >= 11 is 0. The summed E-state index contributed by atoms with van der Waals surface area (Å²) in [5.41, 5.74) is 7.19. The summed E-state index contributed by atoms with van der Waals surface area (Å²) in [6.07, 6.45) is 3.42. The van der Waals surface area contributed by atoms with Crippen molar-refractivity contribution in [2.75, 3.05) is 11.1 Å². The van der Waals surface area contributed by atoms with Gasteiger partial charge in [-0.3, -0.25) is 4.68 Å². The van der Waals surface area contributed by atoms with Crippen molar-refractivity contribution in [2.45, 2.75) is 4.90 Å². The third-order valence-electron chi connectivity index (χ3n) is 2.31. The maximum Gasteiger partial charge on any atom is 0.240 e. The summed E-state index contributed by atoms with van der Waals surface area (Å²) in [5.74, 6) is 0. The fourth-order valence-electron chi connectivity index (χ4n) is 1.54. The Labute approximate surface area is 104 Å². The largest absolute Gasteiger partial charge is 0.398 e. The van der Waals surface area contributed by atoms with Gasteiger partial charge in [0.25, 0.3) is 0 Å². The van der Waals surface area contributed by atoms with Crippen molar-refractivity contribution in [1.82, 2.24) is 9.78 Å². The first-order chi connectivity index (χ1) is 8.36. The van der Waals surface area contributed by atoms with Crippen LogP contribution in [0.15, 0.2) is 35.5 Å². The molecule has 0 radical (unpaired) electrons. The van der Waals surface area contributed by atoms with Gasteiger partial charge in [-0.1, -0.05) is 0 Å². The zero-order valence-electron chi connectivity index (χ0n) is 9.66. The van der Waals surface area contributed by atoms with Crippen LogP contribution >= 0.6 is 0 Å². The quantitative estimate of drug-likeness (QED) is 0.696. The highest BCUT2D eigenvalue weighted by Crippen LogP contribution is 2.23. The Hall–Kier alpha value is -2.06. The molecule has 1 aromatic heterocycles. The van der Waals surface area contributed by atoms with E-state index in [1.54, 1.807) is 30.2 Å². The molecule has 0 fully saturated rings. The maximum atomic E-state index is 11.2. The van der Waals surface area contributed by atoms with Gasteiger partial charge in [-0.15, -0.1) is 0 Å². The Bertz CT molecular complexity index is 677. The Kier molecular flexibility index (Phi) is 2.97. The van der Waals surface area contributed by atoms with Crippen molar-refractivity contribution in [3.05, 3.63) is 30.6 Å². The lowest BCUT2D eigenvalue weighted by Gasteiger charge is -2.07. The van der Waals surface area contributed by atoms with Gasteiger partial charge in [-0.25, -0.2) is 13.6 Å². The van der Waals surface area contributed by atoms with Crippen LogP contribution in [0.1, 0.15) is 0 Å². The predicted octanol–water partition coefficient (Wildman–Crippen LogP) is 0.393. The normalized spacial score (nSPS) is 11.4. The number of rotatable bonds is 3. The summed E-state index contributed by atoms with van der Waals surface area (Å²) in [4.78, 5) is -0.0840. The molecule has 96 valence electrons. The molecule has 0 aliphatic carbocycles. The minimum Gasteiger partial charge on any atom is -0.398 e. The molecule has 0 amide bonds. The average molecular weight is 267 g/mol. The highest BCUT2D eigenvalue weighted by molar-refractivity contribution is 7.89. The molecule has 0 unspecified atom stereocenters. The highest BCUT2D eigenvalue weighted by Gasteiger charge is 2.12. The van der Waals surface area contributed by atoms with Crippen molar-refractivity contribution in [3.8, 4) is 0 Å². The third kappa shape index (κ3) is 2.60. The fourth-order valence-corrected chi connectivity index (χ4v) is 2.18. The predicted molar refractivity (Wildman–Crippen MR) is 68.7 cm³/mol. The van der Waals surface area contributed by atoms with E-state index in [-0.39, 0.29) is 10.6 Å². The molecule has 0 bridgehead atoms. The number of sulfonamides is 1. The van der Waals surface area contributed by atoms with Crippen molar-refractivity contribution < 1.29 is 8.42 Å². The van der Waals surface area contributed by atoms with Crippen molar-refractivity contribution in [3.63, 3.8) is 0 Å². The summed E-state index contributed by atoms with van der Waals surface area (Å²) in [6, 6.07) is 4.46. The van der Waals surface area contributed by atoms with Gasteiger partial charge in [-0.2, -0.15) is 5.10 Å². The van der Waals surface area contributed by atoms with Crippen LogP contribution in [-0.2, 0) is 17.1 Å². The van der Waals surface area contributed by atoms with Crippen LogP contribution in [-0.4, -0.2) is 18.2 Å². The number of hydrogen-bond acceptors (Lipinski definition) is 5. The number of nitrogens with one attached hydrogen (secondary N) is 1. The first kappa shape index (κ1) is 12.4.